The molecule has 0 bridgehead atoms. The van der Waals surface area contributed by atoms with Gasteiger partial charge in [-0.05, 0) is 36.4 Å². The average Bonchev–Trinajstić information content (AvgIpc) is 2.46. The predicted molar refractivity (Wildman–Crippen MR) is 84.1 cm³/mol. The number of carbonyl (C=O) groups is 1. The molecule has 1 amide bonds. The Kier molecular flexibility index (Phi) is 5.01. The van der Waals surface area contributed by atoms with Crippen LogP contribution in [0.15, 0.2) is 47.5 Å². The standard InChI is InChI=1S/C15H17N3OS/c1-11(19)18-12-3-5-15(6-4-12)20-10-14-9-13(16-2)7-8-17-14/h3-9H,10H2,1-2H3,(H,16,17)(H,18,19). The SMILES string of the molecule is CNc1ccnc(CSc2ccc(NC(C)=O)cc2)c1. The molecule has 104 valence electrons. The van der Waals surface area contributed by atoms with E-state index in [1.54, 1.807) is 11.8 Å². The van der Waals surface area contributed by atoms with E-state index < -0.39 is 0 Å². The number of aromatic nitrogens is 1. The van der Waals surface area contributed by atoms with Crippen molar-refractivity contribution in [3.05, 3.63) is 48.3 Å². The summed E-state index contributed by atoms with van der Waals surface area (Å²) >= 11 is 1.72. The number of nitrogens with one attached hydrogen (secondary N) is 2. The van der Waals surface area contributed by atoms with Gasteiger partial charge in [-0.3, -0.25) is 9.78 Å². The van der Waals surface area contributed by atoms with Crippen molar-refractivity contribution in [2.24, 2.45) is 0 Å². The Morgan fingerprint density at radius 3 is 2.60 bits per heavy atom. The fourth-order valence-electron chi connectivity index (χ4n) is 1.71. The van der Waals surface area contributed by atoms with Gasteiger partial charge in [0.05, 0.1) is 5.69 Å². The zero-order chi connectivity index (χ0) is 14.4. The summed E-state index contributed by atoms with van der Waals surface area (Å²) < 4.78 is 0. The van der Waals surface area contributed by atoms with Crippen molar-refractivity contribution in [2.45, 2.75) is 17.6 Å². The third-order valence-electron chi connectivity index (χ3n) is 2.67. The quantitative estimate of drug-likeness (QED) is 0.828. The fraction of sp³-hybridized carbons (Fsp3) is 0.200. The third-order valence-corrected chi connectivity index (χ3v) is 3.71. The van der Waals surface area contributed by atoms with Gasteiger partial charge in [0.15, 0.2) is 0 Å². The number of rotatable bonds is 5. The largest absolute Gasteiger partial charge is 0.388 e. The molecule has 0 saturated heterocycles. The number of pyridine rings is 1. The van der Waals surface area contributed by atoms with Gasteiger partial charge in [-0.1, -0.05) is 0 Å². The topological polar surface area (TPSA) is 54.0 Å². The maximum atomic E-state index is 10.9. The molecule has 0 spiro atoms. The van der Waals surface area contributed by atoms with Crippen LogP contribution in [-0.2, 0) is 10.5 Å². The molecule has 1 heterocycles. The molecule has 4 nitrogen and oxygen atoms in total. The molecule has 0 radical (unpaired) electrons. The molecule has 0 saturated carbocycles. The van der Waals surface area contributed by atoms with E-state index in [9.17, 15) is 4.79 Å². The number of nitrogens with zero attached hydrogens (tertiary/aromatic N) is 1. The first-order chi connectivity index (χ1) is 9.67. The lowest BCUT2D eigenvalue weighted by atomic mass is 10.3. The summed E-state index contributed by atoms with van der Waals surface area (Å²) in [6.07, 6.45) is 1.81. The first-order valence-corrected chi connectivity index (χ1v) is 7.29. The summed E-state index contributed by atoms with van der Waals surface area (Å²) in [6, 6.07) is 11.8. The van der Waals surface area contributed by atoms with E-state index in [2.05, 4.69) is 15.6 Å². The molecule has 0 aliphatic heterocycles. The lowest BCUT2D eigenvalue weighted by Crippen LogP contribution is -2.05. The van der Waals surface area contributed by atoms with E-state index in [0.29, 0.717) is 0 Å². The molecular formula is C15H17N3OS. The minimum Gasteiger partial charge on any atom is -0.388 e. The van der Waals surface area contributed by atoms with Crippen LogP contribution in [0.4, 0.5) is 11.4 Å². The van der Waals surface area contributed by atoms with Crippen LogP contribution >= 0.6 is 11.8 Å². The number of thioether (sulfide) groups is 1. The molecular weight excluding hydrogens is 270 g/mol. The molecule has 2 rings (SSSR count). The van der Waals surface area contributed by atoms with Gasteiger partial charge >= 0.3 is 0 Å². The number of amides is 1. The van der Waals surface area contributed by atoms with Crippen LogP contribution in [0.1, 0.15) is 12.6 Å². The van der Waals surface area contributed by atoms with E-state index in [-0.39, 0.29) is 5.91 Å². The van der Waals surface area contributed by atoms with Crippen molar-refractivity contribution >= 4 is 29.0 Å². The third kappa shape index (κ3) is 4.28. The number of carbonyl (C=O) groups excluding carboxylic acids is 1. The Balaban J connectivity index is 1.94. The van der Waals surface area contributed by atoms with E-state index in [4.69, 9.17) is 0 Å². The van der Waals surface area contributed by atoms with Crippen LogP contribution in [-0.4, -0.2) is 17.9 Å². The monoisotopic (exact) mass is 287 g/mol. The average molecular weight is 287 g/mol. The Morgan fingerprint density at radius 2 is 1.95 bits per heavy atom. The zero-order valence-corrected chi connectivity index (χ0v) is 12.3. The molecule has 5 heteroatoms. The summed E-state index contributed by atoms with van der Waals surface area (Å²) in [5.41, 5.74) is 2.92. The maximum Gasteiger partial charge on any atom is 0.221 e. The van der Waals surface area contributed by atoms with Crippen molar-refractivity contribution in [2.75, 3.05) is 17.7 Å². The summed E-state index contributed by atoms with van der Waals surface area (Å²) in [7, 11) is 1.90. The first-order valence-electron chi connectivity index (χ1n) is 6.30. The Bertz CT molecular complexity index is 584. The number of benzene rings is 1. The fourth-order valence-corrected chi connectivity index (χ4v) is 2.51. The van der Waals surface area contributed by atoms with E-state index in [1.807, 2.05) is 49.6 Å². The highest BCUT2D eigenvalue weighted by atomic mass is 32.2. The van der Waals surface area contributed by atoms with Crippen LogP contribution in [0.25, 0.3) is 0 Å². The molecule has 2 aromatic rings. The molecule has 2 N–H and O–H groups in total. The van der Waals surface area contributed by atoms with Crippen LogP contribution in [0, 0.1) is 0 Å². The second kappa shape index (κ2) is 6.96. The minimum atomic E-state index is -0.0570. The summed E-state index contributed by atoms with van der Waals surface area (Å²) in [5.74, 6) is 0.758. The lowest BCUT2D eigenvalue weighted by Gasteiger charge is -2.06. The van der Waals surface area contributed by atoms with Gasteiger partial charge < -0.3 is 10.6 Å². The molecule has 0 fully saturated rings. The lowest BCUT2D eigenvalue weighted by molar-refractivity contribution is -0.114. The van der Waals surface area contributed by atoms with E-state index >= 15 is 0 Å². The molecule has 1 aromatic carbocycles. The van der Waals surface area contributed by atoms with Gasteiger partial charge in [-0.25, -0.2) is 0 Å². The van der Waals surface area contributed by atoms with Gasteiger partial charge in [-0.15, -0.1) is 11.8 Å². The highest BCUT2D eigenvalue weighted by molar-refractivity contribution is 7.98. The van der Waals surface area contributed by atoms with Gasteiger partial charge in [0.2, 0.25) is 5.91 Å². The van der Waals surface area contributed by atoms with Crippen LogP contribution in [0.3, 0.4) is 0 Å². The molecule has 20 heavy (non-hydrogen) atoms. The smallest absolute Gasteiger partial charge is 0.221 e. The van der Waals surface area contributed by atoms with E-state index in [1.165, 1.54) is 6.92 Å². The summed E-state index contributed by atoms with van der Waals surface area (Å²) in [4.78, 5) is 16.4. The molecule has 0 aliphatic carbocycles. The predicted octanol–water partition coefficient (Wildman–Crippen LogP) is 3.37. The molecule has 0 unspecified atom stereocenters. The van der Waals surface area contributed by atoms with Gasteiger partial charge in [-0.2, -0.15) is 0 Å². The van der Waals surface area contributed by atoms with Crippen molar-refractivity contribution in [1.82, 2.24) is 4.98 Å². The second-order valence-electron chi connectivity index (χ2n) is 4.28. The molecule has 0 aliphatic rings. The van der Waals surface area contributed by atoms with Crippen molar-refractivity contribution < 1.29 is 4.79 Å². The maximum absolute atomic E-state index is 10.9. The van der Waals surface area contributed by atoms with Crippen molar-refractivity contribution in [3.63, 3.8) is 0 Å². The number of hydrogen-bond acceptors (Lipinski definition) is 4. The molecule has 0 atom stereocenters. The normalized spacial score (nSPS) is 10.1. The van der Waals surface area contributed by atoms with Gasteiger partial charge in [0.1, 0.15) is 0 Å². The summed E-state index contributed by atoms with van der Waals surface area (Å²) in [6.45, 7) is 1.50. The van der Waals surface area contributed by atoms with Crippen LogP contribution in [0.2, 0.25) is 0 Å². The first kappa shape index (κ1) is 14.4. The Labute approximate surface area is 123 Å². The van der Waals surface area contributed by atoms with Crippen molar-refractivity contribution in [1.29, 1.82) is 0 Å². The second-order valence-corrected chi connectivity index (χ2v) is 5.33. The van der Waals surface area contributed by atoms with Crippen LogP contribution in [0.5, 0.6) is 0 Å². The Hall–Kier alpha value is -2.01. The number of hydrogen-bond donors (Lipinski definition) is 2. The zero-order valence-electron chi connectivity index (χ0n) is 11.5. The highest BCUT2D eigenvalue weighted by Gasteiger charge is 2.00. The van der Waals surface area contributed by atoms with Gasteiger partial charge in [0.25, 0.3) is 0 Å². The highest BCUT2D eigenvalue weighted by Crippen LogP contribution is 2.24. The van der Waals surface area contributed by atoms with E-state index in [0.717, 1.165) is 27.7 Å². The number of anilines is 2. The molecule has 1 aromatic heterocycles. The van der Waals surface area contributed by atoms with Crippen LogP contribution < -0.4 is 10.6 Å². The van der Waals surface area contributed by atoms with Crippen molar-refractivity contribution in [3.8, 4) is 0 Å². The summed E-state index contributed by atoms with van der Waals surface area (Å²) in [5, 5.41) is 5.85. The van der Waals surface area contributed by atoms with Gasteiger partial charge in [0, 0.05) is 42.2 Å². The minimum absolute atomic E-state index is 0.0570. The Morgan fingerprint density at radius 1 is 1.20 bits per heavy atom.